The lowest BCUT2D eigenvalue weighted by Gasteiger charge is -2.34. The highest BCUT2D eigenvalue weighted by Gasteiger charge is 2.44. The minimum absolute atomic E-state index is 0.157. The van der Waals surface area contributed by atoms with Crippen LogP contribution in [0.2, 0.25) is 0 Å². The molecule has 0 radical (unpaired) electrons. The molecule has 2 saturated heterocycles. The van der Waals surface area contributed by atoms with Gasteiger partial charge in [-0.25, -0.2) is 4.39 Å². The van der Waals surface area contributed by atoms with E-state index in [0.717, 1.165) is 67.9 Å². The Labute approximate surface area is 194 Å². The van der Waals surface area contributed by atoms with Crippen molar-refractivity contribution in [2.24, 2.45) is 17.8 Å². The number of piperidine rings is 1. The summed E-state index contributed by atoms with van der Waals surface area (Å²) in [4.78, 5) is 21.5. The average molecular weight is 446 g/mol. The zero-order valence-electron chi connectivity index (χ0n) is 19.1. The fraction of sp³-hybridized carbons (Fsp3) is 0.464. The van der Waals surface area contributed by atoms with E-state index in [2.05, 4.69) is 20.9 Å². The van der Waals surface area contributed by atoms with Gasteiger partial charge >= 0.3 is 0 Å². The second kappa shape index (κ2) is 8.60. The Morgan fingerprint density at radius 1 is 0.970 bits per heavy atom. The summed E-state index contributed by atoms with van der Waals surface area (Å²) in [6.07, 6.45) is 6.81. The number of aromatic nitrogens is 1. The largest absolute Gasteiger partial charge is 0.361 e. The second-order valence-electron chi connectivity index (χ2n) is 10.3. The molecule has 0 bridgehead atoms. The molecule has 3 fully saturated rings. The molecule has 2 aromatic carbocycles. The molecule has 3 heterocycles. The highest BCUT2D eigenvalue weighted by molar-refractivity contribution is 6.05. The first kappa shape index (κ1) is 20.9. The highest BCUT2D eigenvalue weighted by Crippen LogP contribution is 2.45. The van der Waals surface area contributed by atoms with Gasteiger partial charge in [-0.05, 0) is 92.3 Å². The van der Waals surface area contributed by atoms with Gasteiger partial charge < -0.3 is 14.8 Å². The highest BCUT2D eigenvalue weighted by atomic mass is 19.1. The first-order chi connectivity index (χ1) is 16.2. The number of likely N-dealkylation sites (tertiary alicyclic amines) is 2. The van der Waals surface area contributed by atoms with Gasteiger partial charge in [0.25, 0.3) is 5.91 Å². The van der Waals surface area contributed by atoms with E-state index >= 15 is 0 Å². The second-order valence-corrected chi connectivity index (χ2v) is 10.3. The molecule has 6 rings (SSSR count). The fourth-order valence-corrected chi connectivity index (χ4v) is 6.26. The van der Waals surface area contributed by atoms with E-state index in [9.17, 15) is 9.18 Å². The Kier molecular flexibility index (Phi) is 5.45. The third-order valence-corrected chi connectivity index (χ3v) is 8.25. The minimum Gasteiger partial charge on any atom is -0.361 e. The fourth-order valence-electron chi connectivity index (χ4n) is 6.26. The van der Waals surface area contributed by atoms with Crippen molar-refractivity contribution in [3.05, 3.63) is 71.7 Å². The van der Waals surface area contributed by atoms with Gasteiger partial charge in [0.2, 0.25) is 0 Å². The van der Waals surface area contributed by atoms with Crippen molar-refractivity contribution in [1.82, 2.24) is 14.8 Å². The Balaban J connectivity index is 1.11. The van der Waals surface area contributed by atoms with Gasteiger partial charge in [-0.1, -0.05) is 24.3 Å². The van der Waals surface area contributed by atoms with Gasteiger partial charge in [-0.15, -0.1) is 0 Å². The number of para-hydroxylation sites is 1. The number of hydrogen-bond donors (Lipinski definition) is 1. The molecule has 2 aliphatic heterocycles. The van der Waals surface area contributed by atoms with Crippen molar-refractivity contribution in [2.45, 2.75) is 31.6 Å². The smallest absolute Gasteiger partial charge is 0.256 e. The van der Waals surface area contributed by atoms with E-state index in [4.69, 9.17) is 0 Å². The number of aromatic amines is 1. The van der Waals surface area contributed by atoms with Crippen LogP contribution in [0.1, 0.15) is 47.5 Å². The van der Waals surface area contributed by atoms with Crippen LogP contribution in [0.15, 0.2) is 54.7 Å². The van der Waals surface area contributed by atoms with Gasteiger partial charge in [-0.2, -0.15) is 0 Å². The van der Waals surface area contributed by atoms with Crippen molar-refractivity contribution in [3.8, 4) is 0 Å². The average Bonchev–Trinajstić information content (AvgIpc) is 3.41. The normalized spacial score (nSPS) is 24.6. The van der Waals surface area contributed by atoms with Crippen LogP contribution >= 0.6 is 0 Å². The van der Waals surface area contributed by atoms with Crippen molar-refractivity contribution in [2.75, 3.05) is 32.7 Å². The van der Waals surface area contributed by atoms with Crippen LogP contribution < -0.4 is 0 Å². The monoisotopic (exact) mass is 445 g/mol. The molecule has 0 unspecified atom stereocenters. The Morgan fingerprint density at radius 2 is 1.76 bits per heavy atom. The summed E-state index contributed by atoms with van der Waals surface area (Å²) in [6.45, 7) is 5.04. The van der Waals surface area contributed by atoms with Crippen LogP contribution in [0.5, 0.6) is 0 Å². The number of fused-ring (bicyclic) bond motifs is 1. The van der Waals surface area contributed by atoms with E-state index in [1.807, 2.05) is 36.5 Å². The lowest BCUT2D eigenvalue weighted by atomic mass is 9.87. The third-order valence-electron chi connectivity index (χ3n) is 8.25. The summed E-state index contributed by atoms with van der Waals surface area (Å²) >= 11 is 0. The van der Waals surface area contributed by atoms with Crippen molar-refractivity contribution >= 4 is 16.8 Å². The summed E-state index contributed by atoms with van der Waals surface area (Å²) in [5.74, 6) is 2.54. The summed E-state index contributed by atoms with van der Waals surface area (Å²) < 4.78 is 13.3. The molecular formula is C28H32FN3O. The number of nitrogens with one attached hydrogen (secondary N) is 1. The molecule has 1 saturated carbocycles. The molecule has 1 N–H and O–H groups in total. The molecule has 1 aromatic heterocycles. The lowest BCUT2D eigenvalue weighted by molar-refractivity contribution is 0.0781. The molecular weight excluding hydrogens is 413 g/mol. The predicted octanol–water partition coefficient (Wildman–Crippen LogP) is 5.28. The lowest BCUT2D eigenvalue weighted by Crippen LogP contribution is -2.39. The number of carbonyl (C=O) groups is 1. The molecule has 4 nitrogen and oxygen atoms in total. The van der Waals surface area contributed by atoms with Gasteiger partial charge in [0.15, 0.2) is 0 Å². The molecule has 172 valence electrons. The van der Waals surface area contributed by atoms with Crippen LogP contribution in [0.25, 0.3) is 10.9 Å². The number of hydrogen-bond acceptors (Lipinski definition) is 2. The number of amides is 1. The molecule has 3 aromatic rings. The van der Waals surface area contributed by atoms with Gasteiger partial charge in [0.1, 0.15) is 5.82 Å². The Hall–Kier alpha value is -2.66. The third kappa shape index (κ3) is 4.19. The van der Waals surface area contributed by atoms with Crippen LogP contribution in [-0.4, -0.2) is 53.4 Å². The zero-order valence-corrected chi connectivity index (χ0v) is 19.1. The predicted molar refractivity (Wildman–Crippen MR) is 129 cm³/mol. The maximum atomic E-state index is 13.5. The van der Waals surface area contributed by atoms with E-state index in [0.29, 0.717) is 17.8 Å². The van der Waals surface area contributed by atoms with Crippen LogP contribution in [0.3, 0.4) is 0 Å². The molecule has 2 atom stereocenters. The summed E-state index contributed by atoms with van der Waals surface area (Å²) in [7, 11) is 0. The van der Waals surface area contributed by atoms with Gasteiger partial charge in [0.05, 0.1) is 11.1 Å². The van der Waals surface area contributed by atoms with E-state index < -0.39 is 0 Å². The number of halogens is 1. The van der Waals surface area contributed by atoms with Gasteiger partial charge in [-0.3, -0.25) is 4.79 Å². The first-order valence-electron chi connectivity index (χ1n) is 12.5. The zero-order chi connectivity index (χ0) is 22.4. The van der Waals surface area contributed by atoms with Crippen molar-refractivity contribution in [1.29, 1.82) is 0 Å². The molecule has 3 aliphatic rings. The number of nitrogens with zero attached hydrogens (tertiary/aromatic N) is 2. The Morgan fingerprint density at radius 3 is 2.52 bits per heavy atom. The molecule has 33 heavy (non-hydrogen) atoms. The summed E-state index contributed by atoms with van der Waals surface area (Å²) in [5.41, 5.74) is 3.02. The SMILES string of the molecule is O=C(c1cccc2cc[nH]c12)N1C[C@@H](CN2CCC(c3ccc(F)cc3)CC2)[C@H](C2CC2)C1. The molecule has 1 aliphatic carbocycles. The number of rotatable bonds is 5. The maximum absolute atomic E-state index is 13.5. The minimum atomic E-state index is -0.157. The van der Waals surface area contributed by atoms with Crippen LogP contribution in [-0.2, 0) is 0 Å². The first-order valence-corrected chi connectivity index (χ1v) is 12.5. The van der Waals surface area contributed by atoms with Crippen molar-refractivity contribution in [3.63, 3.8) is 0 Å². The summed E-state index contributed by atoms with van der Waals surface area (Å²) in [5, 5.41) is 1.10. The van der Waals surface area contributed by atoms with Crippen molar-refractivity contribution < 1.29 is 9.18 Å². The summed E-state index contributed by atoms with van der Waals surface area (Å²) in [6, 6.07) is 15.1. The number of H-pyrrole nitrogens is 1. The number of benzene rings is 2. The number of carbonyl (C=O) groups excluding carboxylic acids is 1. The maximum Gasteiger partial charge on any atom is 0.256 e. The van der Waals surface area contributed by atoms with Crippen LogP contribution in [0, 0.1) is 23.6 Å². The van der Waals surface area contributed by atoms with E-state index in [1.54, 1.807) is 12.1 Å². The molecule has 1 amide bonds. The quantitative estimate of drug-likeness (QED) is 0.580. The van der Waals surface area contributed by atoms with E-state index in [-0.39, 0.29) is 11.7 Å². The Bertz CT molecular complexity index is 1130. The molecule has 0 spiro atoms. The van der Waals surface area contributed by atoms with Gasteiger partial charge in [0, 0.05) is 31.2 Å². The topological polar surface area (TPSA) is 39.3 Å². The molecule has 5 heteroatoms. The van der Waals surface area contributed by atoms with E-state index in [1.165, 1.54) is 18.4 Å². The standard InChI is InChI=1S/C28H32FN3O/c29-24-8-6-19(7-9-24)20-11-14-31(15-12-20)16-23-17-32(18-26(23)21-4-5-21)28(33)25-3-1-2-22-10-13-30-27(22)25/h1-3,6-10,13,20-21,23,26,30H,4-5,11-12,14-18H2/t23-,26+/m1/s1. The van der Waals surface area contributed by atoms with Crippen LogP contribution in [0.4, 0.5) is 4.39 Å².